The standard InChI is InChI=1S/C23H34N4O5S/c1-14-9-11-18(12-10-14)21(29)27-19(8-6-7-13-24-17(4)33)22(30)25-15(2)20(28)26-16(3)23(31)32-5/h9-12,15-16,19H,6-8,13H2,1-5H3,(H,24,33)(H,25,30)(H,26,28)(H,27,29)/t15-,16-,19-/m0/s1. The van der Waals surface area contributed by atoms with Crippen molar-refractivity contribution in [2.75, 3.05) is 13.7 Å². The molecule has 33 heavy (non-hydrogen) atoms. The first-order valence-electron chi connectivity index (χ1n) is 10.9. The molecule has 0 heterocycles. The van der Waals surface area contributed by atoms with Crippen LogP contribution in [0.1, 0.15) is 56.0 Å². The third-order valence-corrected chi connectivity index (χ3v) is 5.04. The lowest BCUT2D eigenvalue weighted by atomic mass is 10.1. The zero-order valence-corrected chi connectivity index (χ0v) is 20.6. The van der Waals surface area contributed by atoms with Crippen LogP contribution in [0.5, 0.6) is 0 Å². The predicted molar refractivity (Wildman–Crippen MR) is 130 cm³/mol. The zero-order valence-electron chi connectivity index (χ0n) is 19.8. The largest absolute Gasteiger partial charge is 0.467 e. The van der Waals surface area contributed by atoms with Crippen molar-refractivity contribution in [1.82, 2.24) is 21.3 Å². The number of amides is 3. The number of carbonyl (C=O) groups is 4. The summed E-state index contributed by atoms with van der Waals surface area (Å²) >= 11 is 4.98. The molecule has 0 saturated carbocycles. The van der Waals surface area contributed by atoms with E-state index in [-0.39, 0.29) is 5.91 Å². The maximum atomic E-state index is 12.9. The number of aryl methyl sites for hydroxylation is 1. The van der Waals surface area contributed by atoms with Gasteiger partial charge in [-0.3, -0.25) is 14.4 Å². The molecule has 1 aromatic carbocycles. The number of benzene rings is 1. The van der Waals surface area contributed by atoms with Crippen molar-refractivity contribution in [1.29, 1.82) is 0 Å². The minimum absolute atomic E-state index is 0.376. The summed E-state index contributed by atoms with van der Waals surface area (Å²) in [6.45, 7) is 7.36. The van der Waals surface area contributed by atoms with E-state index >= 15 is 0 Å². The van der Waals surface area contributed by atoms with E-state index in [2.05, 4.69) is 26.0 Å². The molecule has 0 saturated heterocycles. The fourth-order valence-electron chi connectivity index (χ4n) is 2.91. The van der Waals surface area contributed by atoms with Crippen molar-refractivity contribution < 1.29 is 23.9 Å². The van der Waals surface area contributed by atoms with Gasteiger partial charge in [-0.1, -0.05) is 29.9 Å². The summed E-state index contributed by atoms with van der Waals surface area (Å²) in [5, 5.41) is 10.9. The fourth-order valence-corrected chi connectivity index (χ4v) is 3.01. The van der Waals surface area contributed by atoms with Gasteiger partial charge in [0.15, 0.2) is 0 Å². The van der Waals surface area contributed by atoms with E-state index in [1.54, 1.807) is 19.1 Å². The van der Waals surface area contributed by atoms with Gasteiger partial charge in [0.1, 0.15) is 18.1 Å². The summed E-state index contributed by atoms with van der Waals surface area (Å²) in [5.41, 5.74) is 1.46. The summed E-state index contributed by atoms with van der Waals surface area (Å²) in [5.74, 6) is -1.99. The van der Waals surface area contributed by atoms with Crippen LogP contribution in [-0.2, 0) is 19.1 Å². The predicted octanol–water partition coefficient (Wildman–Crippen LogP) is 1.38. The van der Waals surface area contributed by atoms with Crippen LogP contribution in [0, 0.1) is 6.92 Å². The molecule has 4 N–H and O–H groups in total. The molecule has 1 rings (SSSR count). The quantitative estimate of drug-likeness (QED) is 0.203. The van der Waals surface area contributed by atoms with E-state index in [0.29, 0.717) is 29.9 Å². The lowest BCUT2D eigenvalue weighted by Gasteiger charge is -2.22. The number of nitrogens with one attached hydrogen (secondary N) is 4. The number of hydrogen-bond donors (Lipinski definition) is 4. The highest BCUT2D eigenvalue weighted by Gasteiger charge is 2.26. The van der Waals surface area contributed by atoms with Crippen molar-refractivity contribution in [3.63, 3.8) is 0 Å². The lowest BCUT2D eigenvalue weighted by Crippen LogP contribution is -2.54. The molecular formula is C23H34N4O5S. The Labute approximate surface area is 200 Å². The van der Waals surface area contributed by atoms with E-state index in [0.717, 1.165) is 12.0 Å². The minimum atomic E-state index is -0.914. The van der Waals surface area contributed by atoms with Crippen molar-refractivity contribution in [3.05, 3.63) is 35.4 Å². The second-order valence-corrected chi connectivity index (χ2v) is 8.47. The van der Waals surface area contributed by atoms with Crippen molar-refractivity contribution in [2.24, 2.45) is 0 Å². The van der Waals surface area contributed by atoms with Crippen LogP contribution < -0.4 is 21.3 Å². The van der Waals surface area contributed by atoms with Crippen LogP contribution in [0.3, 0.4) is 0 Å². The maximum Gasteiger partial charge on any atom is 0.328 e. The maximum absolute atomic E-state index is 12.9. The average Bonchev–Trinajstić information content (AvgIpc) is 2.77. The average molecular weight is 479 g/mol. The van der Waals surface area contributed by atoms with Gasteiger partial charge in [-0.15, -0.1) is 0 Å². The summed E-state index contributed by atoms with van der Waals surface area (Å²) in [6.07, 6.45) is 1.79. The zero-order chi connectivity index (χ0) is 25.0. The number of ether oxygens (including phenoxy) is 1. The molecule has 3 atom stereocenters. The van der Waals surface area contributed by atoms with Crippen LogP contribution in [0.25, 0.3) is 0 Å². The van der Waals surface area contributed by atoms with Gasteiger partial charge < -0.3 is 26.0 Å². The first-order chi connectivity index (χ1) is 15.5. The highest BCUT2D eigenvalue weighted by molar-refractivity contribution is 7.80. The SMILES string of the molecule is COC(=O)[C@H](C)NC(=O)[C@H](C)NC(=O)[C@H](CCCCNC(C)=S)NC(=O)c1ccc(C)cc1. The Morgan fingerprint density at radius 1 is 0.939 bits per heavy atom. The third kappa shape index (κ3) is 10.4. The molecule has 0 radical (unpaired) electrons. The second kappa shape index (κ2) is 14.2. The molecule has 182 valence electrons. The van der Waals surface area contributed by atoms with Gasteiger partial charge in [-0.05, 0) is 59.1 Å². The van der Waals surface area contributed by atoms with Crippen molar-refractivity contribution in [3.8, 4) is 0 Å². The number of hydrogen-bond acceptors (Lipinski definition) is 6. The van der Waals surface area contributed by atoms with Gasteiger partial charge in [0, 0.05) is 12.1 Å². The van der Waals surface area contributed by atoms with Crippen LogP contribution in [0.15, 0.2) is 24.3 Å². The first kappa shape index (κ1) is 28.0. The number of carbonyl (C=O) groups excluding carboxylic acids is 4. The fraction of sp³-hybridized carbons (Fsp3) is 0.522. The topological polar surface area (TPSA) is 126 Å². The minimum Gasteiger partial charge on any atom is -0.467 e. The Kier molecular flexibility index (Phi) is 12.1. The normalized spacial score (nSPS) is 13.1. The molecule has 0 unspecified atom stereocenters. The van der Waals surface area contributed by atoms with Crippen LogP contribution >= 0.6 is 12.2 Å². The molecule has 1 aromatic rings. The van der Waals surface area contributed by atoms with Gasteiger partial charge >= 0.3 is 5.97 Å². The third-order valence-electron chi connectivity index (χ3n) is 4.89. The van der Waals surface area contributed by atoms with Crippen LogP contribution in [0.2, 0.25) is 0 Å². The number of methoxy groups -OCH3 is 1. The van der Waals surface area contributed by atoms with E-state index in [4.69, 9.17) is 12.2 Å². The summed E-state index contributed by atoms with van der Waals surface area (Å²) < 4.78 is 4.58. The van der Waals surface area contributed by atoms with Crippen LogP contribution in [-0.4, -0.2) is 60.5 Å². The van der Waals surface area contributed by atoms with E-state index in [1.807, 2.05) is 19.1 Å². The Hall–Kier alpha value is -3.01. The van der Waals surface area contributed by atoms with Gasteiger partial charge in [0.2, 0.25) is 11.8 Å². The summed E-state index contributed by atoms with van der Waals surface area (Å²) in [6, 6.07) is 4.42. The number of thiocarbonyl (C=S) groups is 1. The Bertz CT molecular complexity index is 844. The van der Waals surface area contributed by atoms with Crippen molar-refractivity contribution >= 4 is 40.9 Å². The molecule has 0 fully saturated rings. The Balaban J connectivity index is 2.78. The molecule has 9 nitrogen and oxygen atoms in total. The molecular weight excluding hydrogens is 444 g/mol. The molecule has 0 spiro atoms. The molecule has 0 aromatic heterocycles. The van der Waals surface area contributed by atoms with Gasteiger partial charge in [-0.25, -0.2) is 4.79 Å². The first-order valence-corrected chi connectivity index (χ1v) is 11.3. The molecule has 0 aliphatic rings. The second-order valence-electron chi connectivity index (χ2n) is 7.85. The molecule has 0 bridgehead atoms. The molecule has 10 heteroatoms. The highest BCUT2D eigenvalue weighted by atomic mass is 32.1. The summed E-state index contributed by atoms with van der Waals surface area (Å²) in [4.78, 5) is 50.1. The summed E-state index contributed by atoms with van der Waals surface area (Å²) in [7, 11) is 1.22. The van der Waals surface area contributed by atoms with Gasteiger partial charge in [0.25, 0.3) is 5.91 Å². The smallest absolute Gasteiger partial charge is 0.328 e. The number of rotatable bonds is 12. The highest BCUT2D eigenvalue weighted by Crippen LogP contribution is 2.07. The Morgan fingerprint density at radius 2 is 1.55 bits per heavy atom. The van der Waals surface area contributed by atoms with E-state index in [9.17, 15) is 19.2 Å². The van der Waals surface area contributed by atoms with E-state index in [1.165, 1.54) is 21.0 Å². The monoisotopic (exact) mass is 478 g/mol. The number of esters is 1. The molecule has 0 aliphatic carbocycles. The number of unbranched alkanes of at least 4 members (excludes halogenated alkanes) is 1. The molecule has 3 amide bonds. The van der Waals surface area contributed by atoms with Gasteiger partial charge in [0.05, 0.1) is 12.1 Å². The van der Waals surface area contributed by atoms with Crippen LogP contribution in [0.4, 0.5) is 0 Å². The molecule has 0 aliphatic heterocycles. The lowest BCUT2D eigenvalue weighted by molar-refractivity contribution is -0.144. The van der Waals surface area contributed by atoms with E-state index < -0.39 is 35.9 Å². The Morgan fingerprint density at radius 3 is 2.12 bits per heavy atom. The van der Waals surface area contributed by atoms with Gasteiger partial charge in [-0.2, -0.15) is 0 Å². The van der Waals surface area contributed by atoms with Crippen molar-refractivity contribution in [2.45, 2.75) is 65.1 Å².